The van der Waals surface area contributed by atoms with Crippen molar-refractivity contribution < 1.29 is 10.2 Å². The fraction of sp³-hybridized carbons (Fsp3) is 0.667. The topological polar surface area (TPSA) is 40.5 Å². The third-order valence-corrected chi connectivity index (χ3v) is 4.68. The molecule has 1 rings (SSSR count). The van der Waals surface area contributed by atoms with Gasteiger partial charge in [-0.2, -0.15) is 0 Å². The van der Waals surface area contributed by atoms with Crippen LogP contribution in [0.3, 0.4) is 0 Å². The second-order valence-corrected chi connectivity index (χ2v) is 5.98. The molecule has 0 amide bonds. The third-order valence-electron chi connectivity index (χ3n) is 2.96. The highest BCUT2D eigenvalue weighted by Crippen LogP contribution is 2.24. The molecule has 0 saturated carbocycles. The molecule has 2 N–H and O–H groups in total. The van der Waals surface area contributed by atoms with E-state index < -0.39 is 12.2 Å². The Balaban J connectivity index is 2.54. The van der Waals surface area contributed by atoms with Crippen LogP contribution in [0.25, 0.3) is 0 Å². The Labute approximate surface area is 109 Å². The van der Waals surface area contributed by atoms with Crippen molar-refractivity contribution in [3.05, 3.63) is 20.8 Å². The monoisotopic (exact) mass is 306 g/mol. The standard InChI is InChI=1S/C12H19BrO2S/c1-3-8(4-2)12(15)11(14)6-10-5-9(13)7-16-10/h5,7-8,11-12,14-15H,3-4,6H2,1-2H3. The maximum atomic E-state index is 9.99. The van der Waals surface area contributed by atoms with Crippen molar-refractivity contribution >= 4 is 27.3 Å². The summed E-state index contributed by atoms with van der Waals surface area (Å²) >= 11 is 4.99. The number of aliphatic hydroxyl groups is 2. The molecule has 4 heteroatoms. The van der Waals surface area contributed by atoms with Crippen molar-refractivity contribution in [2.24, 2.45) is 5.92 Å². The Kier molecular flexibility index (Phi) is 5.97. The minimum absolute atomic E-state index is 0.193. The second-order valence-electron chi connectivity index (χ2n) is 4.07. The molecule has 0 bridgehead atoms. The zero-order chi connectivity index (χ0) is 12.1. The van der Waals surface area contributed by atoms with Gasteiger partial charge in [-0.25, -0.2) is 0 Å². The minimum Gasteiger partial charge on any atom is -0.390 e. The normalized spacial score (nSPS) is 15.4. The molecular formula is C12H19BrO2S. The number of aliphatic hydroxyl groups excluding tert-OH is 2. The molecule has 1 aromatic rings. The lowest BCUT2D eigenvalue weighted by atomic mass is 9.91. The number of hydrogen-bond donors (Lipinski definition) is 2. The van der Waals surface area contributed by atoms with Gasteiger partial charge >= 0.3 is 0 Å². The zero-order valence-corrected chi connectivity index (χ0v) is 12.1. The van der Waals surface area contributed by atoms with Gasteiger partial charge in [0.1, 0.15) is 0 Å². The molecule has 16 heavy (non-hydrogen) atoms. The van der Waals surface area contributed by atoms with Gasteiger partial charge in [-0.1, -0.05) is 26.7 Å². The maximum absolute atomic E-state index is 9.99. The van der Waals surface area contributed by atoms with Crippen molar-refractivity contribution in [3.63, 3.8) is 0 Å². The number of rotatable bonds is 6. The SMILES string of the molecule is CCC(CC)C(O)C(O)Cc1cc(Br)cs1. The summed E-state index contributed by atoms with van der Waals surface area (Å²) in [5.41, 5.74) is 0. The van der Waals surface area contributed by atoms with E-state index in [9.17, 15) is 10.2 Å². The molecule has 2 unspecified atom stereocenters. The Bertz CT molecular complexity index is 310. The molecule has 0 aliphatic rings. The van der Waals surface area contributed by atoms with Crippen LogP contribution >= 0.6 is 27.3 Å². The number of halogens is 1. The number of hydrogen-bond acceptors (Lipinski definition) is 3. The fourth-order valence-electron chi connectivity index (χ4n) is 1.87. The zero-order valence-electron chi connectivity index (χ0n) is 9.69. The van der Waals surface area contributed by atoms with Gasteiger partial charge in [-0.15, -0.1) is 11.3 Å². The van der Waals surface area contributed by atoms with Crippen molar-refractivity contribution in [2.75, 3.05) is 0 Å². The molecule has 2 nitrogen and oxygen atoms in total. The van der Waals surface area contributed by atoms with E-state index in [0.717, 1.165) is 22.2 Å². The predicted octanol–water partition coefficient (Wildman–Crippen LogP) is 3.21. The summed E-state index contributed by atoms with van der Waals surface area (Å²) in [4.78, 5) is 1.10. The van der Waals surface area contributed by atoms with Gasteiger partial charge in [0.15, 0.2) is 0 Å². The smallest absolute Gasteiger partial charge is 0.0849 e. The van der Waals surface area contributed by atoms with Crippen LogP contribution in [0.15, 0.2) is 15.9 Å². The van der Waals surface area contributed by atoms with Gasteiger partial charge in [-0.3, -0.25) is 0 Å². The van der Waals surface area contributed by atoms with Gasteiger partial charge in [0.05, 0.1) is 12.2 Å². The molecule has 0 radical (unpaired) electrons. The molecule has 0 aliphatic heterocycles. The summed E-state index contributed by atoms with van der Waals surface area (Å²) in [5.74, 6) is 0.193. The molecule has 2 atom stereocenters. The van der Waals surface area contributed by atoms with E-state index in [0.29, 0.717) is 6.42 Å². The van der Waals surface area contributed by atoms with E-state index in [-0.39, 0.29) is 5.92 Å². The van der Waals surface area contributed by atoms with E-state index in [1.807, 2.05) is 25.3 Å². The lowest BCUT2D eigenvalue weighted by molar-refractivity contribution is -0.0184. The summed E-state index contributed by atoms with van der Waals surface area (Å²) in [6, 6.07) is 1.99. The molecule has 0 aromatic carbocycles. The molecule has 92 valence electrons. The molecule has 0 saturated heterocycles. The van der Waals surface area contributed by atoms with Crippen LogP contribution in [0.4, 0.5) is 0 Å². The first-order valence-corrected chi connectivity index (χ1v) is 7.34. The van der Waals surface area contributed by atoms with Crippen molar-refractivity contribution in [2.45, 2.75) is 45.3 Å². The van der Waals surface area contributed by atoms with Crippen LogP contribution in [0.1, 0.15) is 31.6 Å². The second kappa shape index (κ2) is 6.74. The van der Waals surface area contributed by atoms with E-state index in [1.165, 1.54) is 0 Å². The summed E-state index contributed by atoms with van der Waals surface area (Å²) < 4.78 is 1.04. The van der Waals surface area contributed by atoms with Crippen LogP contribution in [0.5, 0.6) is 0 Å². The van der Waals surface area contributed by atoms with Crippen LogP contribution in [0, 0.1) is 5.92 Å². The van der Waals surface area contributed by atoms with Crippen molar-refractivity contribution in [1.29, 1.82) is 0 Å². The van der Waals surface area contributed by atoms with Crippen molar-refractivity contribution in [3.8, 4) is 0 Å². The van der Waals surface area contributed by atoms with Gasteiger partial charge in [0.25, 0.3) is 0 Å². The lowest BCUT2D eigenvalue weighted by Gasteiger charge is -2.24. The van der Waals surface area contributed by atoms with E-state index >= 15 is 0 Å². The summed E-state index contributed by atoms with van der Waals surface area (Å²) in [6.07, 6.45) is 1.07. The average Bonchev–Trinajstić information content (AvgIpc) is 2.65. The highest BCUT2D eigenvalue weighted by Gasteiger charge is 2.24. The summed E-state index contributed by atoms with van der Waals surface area (Å²) in [5, 5.41) is 21.9. The van der Waals surface area contributed by atoms with Crippen molar-refractivity contribution in [1.82, 2.24) is 0 Å². The minimum atomic E-state index is -0.657. The molecule has 0 aliphatic carbocycles. The maximum Gasteiger partial charge on any atom is 0.0849 e. The predicted molar refractivity (Wildman–Crippen MR) is 71.8 cm³/mol. The highest BCUT2D eigenvalue weighted by molar-refractivity contribution is 9.10. The fourth-order valence-corrected chi connectivity index (χ4v) is 3.38. The van der Waals surface area contributed by atoms with Gasteiger partial charge < -0.3 is 10.2 Å². The Morgan fingerprint density at radius 1 is 1.31 bits per heavy atom. The van der Waals surface area contributed by atoms with Gasteiger partial charge in [0.2, 0.25) is 0 Å². The molecule has 0 fully saturated rings. The summed E-state index contributed by atoms with van der Waals surface area (Å²) in [6.45, 7) is 4.09. The van der Waals surface area contributed by atoms with Crippen LogP contribution in [0.2, 0.25) is 0 Å². The van der Waals surface area contributed by atoms with E-state index in [4.69, 9.17) is 0 Å². The largest absolute Gasteiger partial charge is 0.390 e. The highest BCUT2D eigenvalue weighted by atomic mass is 79.9. The van der Waals surface area contributed by atoms with Gasteiger partial charge in [0, 0.05) is 21.2 Å². The quantitative estimate of drug-likeness (QED) is 0.847. The Morgan fingerprint density at radius 3 is 2.38 bits per heavy atom. The Hall–Kier alpha value is 0.1000. The first-order chi connectivity index (χ1) is 7.58. The molecular weight excluding hydrogens is 288 g/mol. The van der Waals surface area contributed by atoms with E-state index in [1.54, 1.807) is 11.3 Å². The molecule has 1 aromatic heterocycles. The molecule has 0 spiro atoms. The average molecular weight is 307 g/mol. The first-order valence-electron chi connectivity index (χ1n) is 5.67. The number of thiophene rings is 1. The van der Waals surface area contributed by atoms with Crippen LogP contribution in [-0.4, -0.2) is 22.4 Å². The van der Waals surface area contributed by atoms with E-state index in [2.05, 4.69) is 15.9 Å². The molecule has 1 heterocycles. The Morgan fingerprint density at radius 2 is 1.94 bits per heavy atom. The third kappa shape index (κ3) is 3.84. The van der Waals surface area contributed by atoms with Crippen LogP contribution in [-0.2, 0) is 6.42 Å². The summed E-state index contributed by atoms with van der Waals surface area (Å²) in [7, 11) is 0. The first kappa shape index (κ1) is 14.2. The van der Waals surface area contributed by atoms with Crippen LogP contribution < -0.4 is 0 Å². The lowest BCUT2D eigenvalue weighted by Crippen LogP contribution is -2.34. The van der Waals surface area contributed by atoms with Gasteiger partial charge in [-0.05, 0) is 27.9 Å².